The third-order valence-electron chi connectivity index (χ3n) is 1.50. The fourth-order valence-electron chi connectivity index (χ4n) is 0.942. The Morgan fingerprint density at radius 3 is 2.87 bits per heavy atom. The summed E-state index contributed by atoms with van der Waals surface area (Å²) in [6.07, 6.45) is 0.741. The van der Waals surface area contributed by atoms with Crippen LogP contribution in [0.4, 0.5) is 4.79 Å². The summed E-state index contributed by atoms with van der Waals surface area (Å²) in [4.78, 5) is 10.2. The molecule has 0 aromatic carbocycles. The van der Waals surface area contributed by atoms with Crippen LogP contribution in [0, 0.1) is 0 Å². The molecular formula is C8H10Cl2N2O3. The van der Waals surface area contributed by atoms with E-state index in [-0.39, 0.29) is 12.5 Å². The second kappa shape index (κ2) is 5.23. The van der Waals surface area contributed by atoms with E-state index in [1.54, 1.807) is 20.2 Å². The second-order valence-electron chi connectivity index (χ2n) is 2.65. The Balaban J connectivity index is 2.79. The molecule has 0 N–H and O–H groups in total. The van der Waals surface area contributed by atoms with E-state index < -0.39 is 11.0 Å². The van der Waals surface area contributed by atoms with E-state index in [2.05, 4.69) is 9.84 Å². The molecule has 1 aromatic heterocycles. The summed E-state index contributed by atoms with van der Waals surface area (Å²) in [5.41, 5.74) is 0.425. The molecular weight excluding hydrogens is 243 g/mol. The topological polar surface area (TPSA) is 53.4 Å². The minimum Gasteiger partial charge on any atom is -0.434 e. The average Bonchev–Trinajstić information content (AvgIpc) is 2.47. The van der Waals surface area contributed by atoms with Crippen molar-refractivity contribution in [2.45, 2.75) is 11.8 Å². The lowest BCUT2D eigenvalue weighted by molar-refractivity contribution is 0.102. The first-order chi connectivity index (χ1) is 7.04. The summed E-state index contributed by atoms with van der Waals surface area (Å²) in [6, 6.07) is 0. The molecule has 0 aliphatic heterocycles. The van der Waals surface area contributed by atoms with Gasteiger partial charge in [0.2, 0.25) is 0 Å². The largest absolute Gasteiger partial charge is 0.515 e. The zero-order valence-corrected chi connectivity index (χ0v) is 9.75. The van der Waals surface area contributed by atoms with E-state index in [0.717, 1.165) is 0 Å². The van der Waals surface area contributed by atoms with E-state index in [1.807, 2.05) is 0 Å². The quantitative estimate of drug-likeness (QED) is 0.613. The number of aromatic nitrogens is 2. The standard InChI is InChI=1S/C8H10Cl2N2O3/c1-3-14-8(13)15-7-5(6(9)10)4-12(2)11-7/h4,6H,3H2,1-2H3. The molecule has 0 aliphatic carbocycles. The van der Waals surface area contributed by atoms with Gasteiger partial charge in [-0.2, -0.15) is 0 Å². The van der Waals surface area contributed by atoms with Crippen molar-refractivity contribution in [3.8, 4) is 5.88 Å². The van der Waals surface area contributed by atoms with E-state index in [0.29, 0.717) is 5.56 Å². The Labute approximate surface area is 96.9 Å². The summed E-state index contributed by atoms with van der Waals surface area (Å²) in [5.74, 6) is 0.0611. The number of carbonyl (C=O) groups excluding carboxylic acids is 1. The van der Waals surface area contributed by atoms with Gasteiger partial charge in [0, 0.05) is 13.2 Å². The highest BCUT2D eigenvalue weighted by atomic mass is 35.5. The number of nitrogens with zero attached hydrogens (tertiary/aromatic N) is 2. The van der Waals surface area contributed by atoms with Gasteiger partial charge in [0.1, 0.15) is 4.84 Å². The van der Waals surface area contributed by atoms with E-state index in [9.17, 15) is 4.79 Å². The fraction of sp³-hybridized carbons (Fsp3) is 0.500. The molecule has 0 bridgehead atoms. The van der Waals surface area contributed by atoms with Gasteiger partial charge in [-0.05, 0) is 6.92 Å². The number of alkyl halides is 2. The summed E-state index contributed by atoms with van der Waals surface area (Å²) in [6.45, 7) is 1.90. The van der Waals surface area contributed by atoms with Gasteiger partial charge in [0.15, 0.2) is 0 Å². The SMILES string of the molecule is CCOC(=O)Oc1nn(C)cc1C(Cl)Cl. The first-order valence-corrected chi connectivity index (χ1v) is 5.08. The number of hydrogen-bond acceptors (Lipinski definition) is 4. The third-order valence-corrected chi connectivity index (χ3v) is 1.97. The molecule has 0 amide bonds. The molecule has 1 rings (SSSR count). The average molecular weight is 253 g/mol. The number of rotatable bonds is 3. The van der Waals surface area contributed by atoms with Gasteiger partial charge >= 0.3 is 6.16 Å². The van der Waals surface area contributed by atoms with E-state index >= 15 is 0 Å². The highest BCUT2D eigenvalue weighted by molar-refractivity contribution is 6.44. The lowest BCUT2D eigenvalue weighted by Crippen LogP contribution is -2.11. The number of hydrogen-bond donors (Lipinski definition) is 0. The van der Waals surface area contributed by atoms with Crippen molar-refractivity contribution < 1.29 is 14.3 Å². The van der Waals surface area contributed by atoms with Crippen LogP contribution in [-0.2, 0) is 11.8 Å². The van der Waals surface area contributed by atoms with E-state index in [4.69, 9.17) is 27.9 Å². The Hall–Kier alpha value is -0.940. The molecule has 0 aliphatic rings. The number of halogens is 2. The molecule has 5 nitrogen and oxygen atoms in total. The van der Waals surface area contributed by atoms with Crippen molar-refractivity contribution in [1.82, 2.24) is 9.78 Å². The Morgan fingerprint density at radius 2 is 2.33 bits per heavy atom. The molecule has 1 aromatic rings. The number of carbonyl (C=O) groups is 1. The second-order valence-corrected chi connectivity index (χ2v) is 3.75. The van der Waals surface area contributed by atoms with Crippen molar-refractivity contribution in [1.29, 1.82) is 0 Å². The number of aryl methyl sites for hydroxylation is 1. The zero-order chi connectivity index (χ0) is 11.4. The van der Waals surface area contributed by atoms with Crippen LogP contribution in [0.2, 0.25) is 0 Å². The van der Waals surface area contributed by atoms with Gasteiger partial charge in [0.05, 0.1) is 12.2 Å². The Kier molecular flexibility index (Phi) is 4.23. The molecule has 0 fully saturated rings. The zero-order valence-electron chi connectivity index (χ0n) is 8.24. The molecule has 0 radical (unpaired) electrons. The number of ether oxygens (including phenoxy) is 2. The van der Waals surface area contributed by atoms with E-state index in [1.165, 1.54) is 4.68 Å². The van der Waals surface area contributed by atoms with Crippen LogP contribution in [0.15, 0.2) is 6.20 Å². The molecule has 7 heteroatoms. The molecule has 1 heterocycles. The normalized spacial score (nSPS) is 10.5. The maximum atomic E-state index is 11.0. The van der Waals surface area contributed by atoms with Crippen molar-refractivity contribution in [3.63, 3.8) is 0 Å². The van der Waals surface area contributed by atoms with Crippen LogP contribution in [0.25, 0.3) is 0 Å². The van der Waals surface area contributed by atoms with Crippen molar-refractivity contribution >= 4 is 29.4 Å². The summed E-state index contributed by atoms with van der Waals surface area (Å²) in [5, 5.41) is 3.88. The van der Waals surface area contributed by atoms with Crippen molar-refractivity contribution in [2.75, 3.05) is 6.61 Å². The Morgan fingerprint density at radius 1 is 1.67 bits per heavy atom. The van der Waals surface area contributed by atoms with Gasteiger partial charge in [-0.15, -0.1) is 5.10 Å². The highest BCUT2D eigenvalue weighted by Crippen LogP contribution is 2.31. The summed E-state index contributed by atoms with van der Waals surface area (Å²) >= 11 is 11.3. The third kappa shape index (κ3) is 3.28. The van der Waals surface area contributed by atoms with Crippen molar-refractivity contribution in [3.05, 3.63) is 11.8 Å². The van der Waals surface area contributed by atoms with Crippen molar-refractivity contribution in [2.24, 2.45) is 7.05 Å². The van der Waals surface area contributed by atoms with Crippen LogP contribution in [-0.4, -0.2) is 22.5 Å². The maximum Gasteiger partial charge on any atom is 0.515 e. The van der Waals surface area contributed by atoms with Crippen LogP contribution in [0.1, 0.15) is 17.3 Å². The maximum absolute atomic E-state index is 11.0. The Bertz CT molecular complexity index is 352. The van der Waals surface area contributed by atoms with Crippen LogP contribution in [0.5, 0.6) is 5.88 Å². The molecule has 0 atom stereocenters. The summed E-state index contributed by atoms with van der Waals surface area (Å²) in [7, 11) is 1.66. The molecule has 84 valence electrons. The minimum absolute atomic E-state index is 0.0611. The van der Waals surface area contributed by atoms with Gasteiger partial charge in [-0.25, -0.2) is 4.79 Å². The molecule has 15 heavy (non-hydrogen) atoms. The highest BCUT2D eigenvalue weighted by Gasteiger charge is 2.18. The predicted molar refractivity (Wildman–Crippen MR) is 55.3 cm³/mol. The molecule has 0 saturated carbocycles. The smallest absolute Gasteiger partial charge is 0.434 e. The minimum atomic E-state index is -0.827. The lowest BCUT2D eigenvalue weighted by Gasteiger charge is -2.03. The monoisotopic (exact) mass is 252 g/mol. The molecule has 0 saturated heterocycles. The first-order valence-electron chi connectivity index (χ1n) is 4.21. The first kappa shape index (κ1) is 12.1. The van der Waals surface area contributed by atoms with Crippen LogP contribution < -0.4 is 4.74 Å². The molecule has 0 unspecified atom stereocenters. The van der Waals surface area contributed by atoms with Gasteiger partial charge in [-0.1, -0.05) is 23.2 Å². The van der Waals surface area contributed by atoms with Gasteiger partial charge in [0.25, 0.3) is 5.88 Å². The summed E-state index contributed by atoms with van der Waals surface area (Å²) < 4.78 is 10.8. The van der Waals surface area contributed by atoms with Crippen LogP contribution in [0.3, 0.4) is 0 Å². The fourth-order valence-corrected chi connectivity index (χ4v) is 1.24. The lowest BCUT2D eigenvalue weighted by atomic mass is 10.4. The predicted octanol–water partition coefficient (Wildman–Crippen LogP) is 2.43. The van der Waals surface area contributed by atoms with Crippen LogP contribution >= 0.6 is 23.2 Å². The van der Waals surface area contributed by atoms with Gasteiger partial charge < -0.3 is 9.47 Å². The molecule has 0 spiro atoms. The van der Waals surface area contributed by atoms with Gasteiger partial charge in [-0.3, -0.25) is 4.68 Å².